The number of methoxy groups -OCH3 is 1. The Balaban J connectivity index is 1.48. The largest absolute Gasteiger partial charge is 0.495 e. The van der Waals surface area contributed by atoms with E-state index in [1.165, 1.54) is 29.6 Å². The molecule has 0 radical (unpaired) electrons. The van der Waals surface area contributed by atoms with Gasteiger partial charge in [-0.2, -0.15) is 17.5 Å². The number of carbonyl (C=O) groups excluding carboxylic acids is 1. The summed E-state index contributed by atoms with van der Waals surface area (Å²) in [6, 6.07) is 14.3. The van der Waals surface area contributed by atoms with Crippen LogP contribution in [-0.2, 0) is 16.2 Å². The minimum absolute atomic E-state index is 0.0205. The number of sulfonamides is 1. The third-order valence-electron chi connectivity index (χ3n) is 5.77. The number of hydrogen-bond donors (Lipinski definition) is 1. The van der Waals surface area contributed by atoms with E-state index in [2.05, 4.69) is 10.3 Å². The predicted molar refractivity (Wildman–Crippen MR) is 133 cm³/mol. The predicted octanol–water partition coefficient (Wildman–Crippen LogP) is 4.53. The summed E-state index contributed by atoms with van der Waals surface area (Å²) in [7, 11) is -2.59. The van der Waals surface area contributed by atoms with Crippen LogP contribution in [0.4, 0.5) is 24.7 Å². The van der Waals surface area contributed by atoms with Gasteiger partial charge in [-0.15, -0.1) is 0 Å². The first-order chi connectivity index (χ1) is 17.5. The number of nitrogens with zero attached hydrogens (tertiary/aromatic N) is 3. The van der Waals surface area contributed by atoms with Crippen LogP contribution in [0, 0.1) is 0 Å². The number of benzene rings is 2. The number of piperazine rings is 1. The molecule has 1 fully saturated rings. The summed E-state index contributed by atoms with van der Waals surface area (Å²) in [5.74, 6) is -0.196. The number of anilines is 2. The van der Waals surface area contributed by atoms with E-state index in [0.717, 1.165) is 12.1 Å². The average molecular weight is 555 g/mol. The van der Waals surface area contributed by atoms with Gasteiger partial charge in [0.25, 0.3) is 5.91 Å². The van der Waals surface area contributed by atoms with Crippen molar-refractivity contribution in [3.8, 4) is 5.75 Å². The highest BCUT2D eigenvalue weighted by Gasteiger charge is 2.34. The summed E-state index contributed by atoms with van der Waals surface area (Å²) in [4.78, 5) is 18.0. The summed E-state index contributed by atoms with van der Waals surface area (Å²) in [6.07, 6.45) is -4.59. The fraction of sp³-hybridized carbons (Fsp3) is 0.250. The number of halogens is 4. The number of alkyl halides is 3. The molecule has 13 heteroatoms. The van der Waals surface area contributed by atoms with Gasteiger partial charge in [-0.1, -0.05) is 29.8 Å². The lowest BCUT2D eigenvalue weighted by Crippen LogP contribution is -2.49. The van der Waals surface area contributed by atoms with Gasteiger partial charge in [-0.25, -0.2) is 13.4 Å². The van der Waals surface area contributed by atoms with E-state index >= 15 is 0 Å². The Morgan fingerprint density at radius 3 is 2.32 bits per heavy atom. The Kier molecular flexibility index (Phi) is 7.62. The minimum atomic E-state index is -4.59. The quantitative estimate of drug-likeness (QED) is 0.450. The third-order valence-corrected chi connectivity index (χ3v) is 7.85. The molecule has 0 spiro atoms. The standard InChI is InChI=1S/C24H22ClF3N4O4S/c1-36-20-15-18(7-8-19(20)29-23(33)16-5-3-2-4-6-16)37(34,35)32-11-9-31(10-12-32)22-14-17(24(26,27)28)13-21(25)30-22/h2-8,13-15H,9-12H2,1H3,(H,29,33). The minimum Gasteiger partial charge on any atom is -0.495 e. The fourth-order valence-corrected chi connectivity index (χ4v) is 5.48. The lowest BCUT2D eigenvalue weighted by Gasteiger charge is -2.35. The van der Waals surface area contributed by atoms with Crippen LogP contribution in [0.15, 0.2) is 65.6 Å². The Morgan fingerprint density at radius 1 is 1.03 bits per heavy atom. The van der Waals surface area contributed by atoms with Crippen LogP contribution in [0.3, 0.4) is 0 Å². The van der Waals surface area contributed by atoms with Gasteiger partial charge < -0.3 is 15.0 Å². The Morgan fingerprint density at radius 2 is 1.70 bits per heavy atom. The lowest BCUT2D eigenvalue weighted by molar-refractivity contribution is -0.137. The first-order valence-electron chi connectivity index (χ1n) is 11.0. The number of nitrogens with one attached hydrogen (secondary N) is 1. The monoisotopic (exact) mass is 554 g/mol. The van der Waals surface area contributed by atoms with Gasteiger partial charge in [0, 0.05) is 37.8 Å². The highest BCUT2D eigenvalue weighted by atomic mass is 35.5. The molecule has 4 rings (SSSR count). The van der Waals surface area contributed by atoms with E-state index in [1.54, 1.807) is 35.2 Å². The number of hydrogen-bond acceptors (Lipinski definition) is 6. The highest BCUT2D eigenvalue weighted by molar-refractivity contribution is 7.89. The van der Waals surface area contributed by atoms with E-state index < -0.39 is 21.8 Å². The van der Waals surface area contributed by atoms with Gasteiger partial charge >= 0.3 is 6.18 Å². The second kappa shape index (κ2) is 10.6. The molecule has 2 aromatic carbocycles. The molecule has 0 bridgehead atoms. The van der Waals surface area contributed by atoms with E-state index in [4.69, 9.17) is 16.3 Å². The second-order valence-corrected chi connectivity index (χ2v) is 10.4. The molecule has 0 saturated carbocycles. The number of ether oxygens (including phenoxy) is 1. The SMILES string of the molecule is COc1cc(S(=O)(=O)N2CCN(c3cc(C(F)(F)F)cc(Cl)n3)CC2)ccc1NC(=O)c1ccccc1. The summed E-state index contributed by atoms with van der Waals surface area (Å²) < 4.78 is 72.5. The zero-order valence-corrected chi connectivity index (χ0v) is 21.1. The van der Waals surface area contributed by atoms with Crippen LogP contribution in [0.2, 0.25) is 5.15 Å². The van der Waals surface area contributed by atoms with Gasteiger partial charge in [0.1, 0.15) is 16.7 Å². The molecule has 0 unspecified atom stereocenters. The van der Waals surface area contributed by atoms with Crippen molar-refractivity contribution >= 4 is 39.0 Å². The molecule has 1 N–H and O–H groups in total. The van der Waals surface area contributed by atoms with Crippen LogP contribution >= 0.6 is 11.6 Å². The van der Waals surface area contributed by atoms with Crippen molar-refractivity contribution in [3.63, 3.8) is 0 Å². The average Bonchev–Trinajstić information content (AvgIpc) is 2.88. The normalized spacial score (nSPS) is 14.9. The Hall–Kier alpha value is -3.35. The molecule has 196 valence electrons. The maximum atomic E-state index is 13.3. The fourth-order valence-electron chi connectivity index (χ4n) is 3.83. The summed E-state index contributed by atoms with van der Waals surface area (Å²) in [6.45, 7) is 0.276. The smallest absolute Gasteiger partial charge is 0.416 e. The molecular formula is C24H22ClF3N4O4S. The van der Waals surface area contributed by atoms with Gasteiger partial charge in [0.05, 0.1) is 23.3 Å². The van der Waals surface area contributed by atoms with E-state index in [9.17, 15) is 26.4 Å². The molecule has 37 heavy (non-hydrogen) atoms. The zero-order valence-electron chi connectivity index (χ0n) is 19.5. The van der Waals surface area contributed by atoms with Crippen molar-refractivity contribution in [2.75, 3.05) is 43.5 Å². The van der Waals surface area contributed by atoms with Crippen LogP contribution in [-0.4, -0.2) is 56.9 Å². The summed E-state index contributed by atoms with van der Waals surface area (Å²) >= 11 is 5.78. The third kappa shape index (κ3) is 5.97. The van der Waals surface area contributed by atoms with Crippen molar-refractivity contribution in [1.82, 2.24) is 9.29 Å². The van der Waals surface area contributed by atoms with Crippen LogP contribution in [0.25, 0.3) is 0 Å². The molecule has 2 heterocycles. The number of amides is 1. The first kappa shape index (κ1) is 26.7. The molecule has 0 atom stereocenters. The number of rotatable bonds is 6. The maximum Gasteiger partial charge on any atom is 0.416 e. The van der Waals surface area contributed by atoms with Crippen LogP contribution in [0.1, 0.15) is 15.9 Å². The second-order valence-electron chi connectivity index (χ2n) is 8.11. The molecule has 3 aromatic rings. The number of pyridine rings is 1. The highest BCUT2D eigenvalue weighted by Crippen LogP contribution is 2.34. The van der Waals surface area contributed by atoms with Crippen LogP contribution < -0.4 is 15.0 Å². The van der Waals surface area contributed by atoms with Crippen molar-refractivity contribution < 1.29 is 31.1 Å². The first-order valence-corrected chi connectivity index (χ1v) is 12.8. The topological polar surface area (TPSA) is 91.8 Å². The van der Waals surface area contributed by atoms with Gasteiger partial charge in [-0.3, -0.25) is 4.79 Å². The van der Waals surface area contributed by atoms with Crippen molar-refractivity contribution in [3.05, 3.63) is 76.9 Å². The van der Waals surface area contributed by atoms with Gasteiger partial charge in [0.2, 0.25) is 10.0 Å². The summed E-state index contributed by atoms with van der Waals surface area (Å²) in [5, 5.41) is 2.40. The molecule has 8 nitrogen and oxygen atoms in total. The number of aromatic nitrogens is 1. The van der Waals surface area contributed by atoms with Crippen molar-refractivity contribution in [1.29, 1.82) is 0 Å². The van der Waals surface area contributed by atoms with Gasteiger partial charge in [-0.05, 0) is 36.4 Å². The van der Waals surface area contributed by atoms with Gasteiger partial charge in [0.15, 0.2) is 0 Å². The van der Waals surface area contributed by atoms with Crippen molar-refractivity contribution in [2.45, 2.75) is 11.1 Å². The van der Waals surface area contributed by atoms with E-state index in [1.807, 2.05) is 0 Å². The molecule has 1 saturated heterocycles. The lowest BCUT2D eigenvalue weighted by atomic mass is 10.2. The van der Waals surface area contributed by atoms with Crippen molar-refractivity contribution in [2.24, 2.45) is 0 Å². The summed E-state index contributed by atoms with van der Waals surface area (Å²) in [5.41, 5.74) is -0.201. The molecule has 1 aliphatic rings. The molecule has 0 aliphatic carbocycles. The molecule has 1 aliphatic heterocycles. The maximum absolute atomic E-state index is 13.3. The van der Waals surface area contributed by atoms with E-state index in [0.29, 0.717) is 11.3 Å². The Labute approximate surface area is 216 Å². The van der Waals surface area contributed by atoms with E-state index in [-0.39, 0.29) is 53.7 Å². The molecule has 1 aromatic heterocycles. The van der Waals surface area contributed by atoms with Crippen LogP contribution in [0.5, 0.6) is 5.75 Å². The number of carbonyl (C=O) groups is 1. The zero-order chi connectivity index (χ0) is 26.8. The molecular weight excluding hydrogens is 533 g/mol. The molecule has 1 amide bonds. The Bertz CT molecular complexity index is 1400.